The highest BCUT2D eigenvalue weighted by atomic mass is 35.5. The molecule has 0 radical (unpaired) electrons. The van der Waals surface area contributed by atoms with Crippen molar-refractivity contribution in [3.8, 4) is 0 Å². The van der Waals surface area contributed by atoms with E-state index in [1.54, 1.807) is 24.3 Å². The van der Waals surface area contributed by atoms with Crippen LogP contribution in [-0.2, 0) is 9.59 Å². The summed E-state index contributed by atoms with van der Waals surface area (Å²) in [6.45, 7) is 0. The molecule has 1 heterocycles. The van der Waals surface area contributed by atoms with Crippen LogP contribution >= 0.6 is 11.6 Å². The number of amides is 2. The van der Waals surface area contributed by atoms with E-state index in [1.807, 2.05) is 36.4 Å². The first kappa shape index (κ1) is 16.7. The summed E-state index contributed by atoms with van der Waals surface area (Å²) in [6.07, 6.45) is 2.80. The zero-order chi connectivity index (χ0) is 18.1. The van der Waals surface area contributed by atoms with Crippen molar-refractivity contribution in [2.45, 2.75) is 12.8 Å². The van der Waals surface area contributed by atoms with Crippen molar-refractivity contribution in [3.63, 3.8) is 0 Å². The predicted octanol–water partition coefficient (Wildman–Crippen LogP) is 5.12. The van der Waals surface area contributed by atoms with E-state index in [-0.39, 0.29) is 23.7 Å². The number of benzene rings is 2. The quantitative estimate of drug-likeness (QED) is 0.559. The molecule has 1 aliphatic heterocycles. The van der Waals surface area contributed by atoms with Gasteiger partial charge in [0, 0.05) is 5.03 Å². The van der Waals surface area contributed by atoms with Crippen LogP contribution in [0.5, 0.6) is 0 Å². The van der Waals surface area contributed by atoms with Crippen molar-refractivity contribution >= 4 is 40.5 Å². The number of carbonyl (C=O) groups excluding carboxylic acids is 2. The van der Waals surface area contributed by atoms with E-state index >= 15 is 0 Å². The van der Waals surface area contributed by atoms with E-state index in [9.17, 15) is 9.59 Å². The molecule has 0 bridgehead atoms. The summed E-state index contributed by atoms with van der Waals surface area (Å²) in [5, 5.41) is 8.99. The Hall–Kier alpha value is -2.79. The lowest BCUT2D eigenvalue weighted by atomic mass is 9.85. The smallest absolute Gasteiger partial charge is 0.238 e. The molecule has 0 aromatic heterocycles. The van der Waals surface area contributed by atoms with Gasteiger partial charge in [-0.15, -0.1) is 0 Å². The number of allylic oxidation sites excluding steroid dienone is 2. The summed E-state index contributed by atoms with van der Waals surface area (Å²) >= 11 is 6.05. The lowest BCUT2D eigenvalue weighted by molar-refractivity contribution is -0.122. The fourth-order valence-corrected chi connectivity index (χ4v) is 3.62. The van der Waals surface area contributed by atoms with Crippen LogP contribution in [0.2, 0.25) is 0 Å². The molecule has 4 rings (SSSR count). The average molecular weight is 366 g/mol. The van der Waals surface area contributed by atoms with Gasteiger partial charge in [0.15, 0.2) is 0 Å². The van der Waals surface area contributed by atoms with Crippen molar-refractivity contribution in [1.29, 1.82) is 0 Å². The maximum absolute atomic E-state index is 12.7. The van der Waals surface area contributed by atoms with E-state index in [4.69, 9.17) is 11.6 Å². The summed E-state index contributed by atoms with van der Waals surface area (Å²) in [5.41, 5.74) is 1.97. The number of imide groups is 1. The van der Waals surface area contributed by atoms with Gasteiger partial charge >= 0.3 is 0 Å². The predicted molar refractivity (Wildman–Crippen MR) is 99.7 cm³/mol. The average Bonchev–Trinajstić information content (AvgIpc) is 2.91. The summed E-state index contributed by atoms with van der Waals surface area (Å²) in [4.78, 5) is 26.6. The maximum Gasteiger partial charge on any atom is 0.238 e. The number of azo groups is 1. The van der Waals surface area contributed by atoms with Crippen LogP contribution in [-0.4, -0.2) is 11.8 Å². The molecule has 1 aliphatic carbocycles. The van der Waals surface area contributed by atoms with Crippen molar-refractivity contribution < 1.29 is 9.59 Å². The van der Waals surface area contributed by atoms with Gasteiger partial charge in [-0.1, -0.05) is 35.9 Å². The number of rotatable bonds is 3. The number of hydrogen-bond donors (Lipinski definition) is 0. The zero-order valence-corrected chi connectivity index (χ0v) is 14.6. The normalized spacial score (nSPS) is 22.7. The number of carbonyl (C=O) groups is 2. The van der Waals surface area contributed by atoms with Crippen molar-refractivity contribution in [1.82, 2.24) is 0 Å². The number of halogens is 1. The van der Waals surface area contributed by atoms with Crippen LogP contribution in [0, 0.1) is 11.8 Å². The molecule has 26 heavy (non-hydrogen) atoms. The van der Waals surface area contributed by atoms with Gasteiger partial charge in [-0.25, -0.2) is 0 Å². The van der Waals surface area contributed by atoms with Crippen molar-refractivity contribution in [2.75, 3.05) is 4.90 Å². The van der Waals surface area contributed by atoms with Gasteiger partial charge < -0.3 is 0 Å². The van der Waals surface area contributed by atoms with Gasteiger partial charge in [0.1, 0.15) is 0 Å². The van der Waals surface area contributed by atoms with Crippen molar-refractivity contribution in [3.05, 3.63) is 65.7 Å². The first-order chi connectivity index (χ1) is 12.6. The summed E-state index contributed by atoms with van der Waals surface area (Å²) in [6, 6.07) is 16.4. The third kappa shape index (κ3) is 3.06. The molecular weight excluding hydrogens is 350 g/mol. The molecule has 1 fully saturated rings. The van der Waals surface area contributed by atoms with Gasteiger partial charge in [0.05, 0.1) is 28.9 Å². The Kier molecular flexibility index (Phi) is 4.39. The Morgan fingerprint density at radius 3 is 2.15 bits per heavy atom. The lowest BCUT2D eigenvalue weighted by Gasteiger charge is -2.17. The van der Waals surface area contributed by atoms with E-state index in [0.717, 1.165) is 5.69 Å². The third-order valence-electron chi connectivity index (χ3n) is 4.71. The molecule has 0 saturated carbocycles. The molecule has 0 N–H and O–H groups in total. The minimum Gasteiger partial charge on any atom is -0.274 e. The molecule has 2 atom stereocenters. The zero-order valence-electron chi connectivity index (χ0n) is 13.9. The molecular formula is C20H16ClN3O2. The van der Waals surface area contributed by atoms with E-state index in [0.29, 0.717) is 29.2 Å². The fourth-order valence-electron chi connectivity index (χ4n) is 3.36. The molecule has 2 aromatic carbocycles. The Balaban J connectivity index is 1.53. The van der Waals surface area contributed by atoms with Crippen LogP contribution in [0.3, 0.4) is 0 Å². The Labute approximate surface area is 156 Å². The number of hydrogen-bond acceptors (Lipinski definition) is 4. The Morgan fingerprint density at radius 2 is 1.46 bits per heavy atom. The third-order valence-corrected chi connectivity index (χ3v) is 5.02. The standard InChI is InChI=1S/C20H16ClN3O2/c21-13-6-11-17-18(12-13)20(26)24(19(17)25)16-9-7-15(8-10-16)23-22-14-4-2-1-3-5-14/h1-10,17-18H,11-12H2/t17-,18-/m1/s1. The molecule has 2 aromatic rings. The summed E-state index contributed by atoms with van der Waals surface area (Å²) < 4.78 is 0. The molecule has 1 saturated heterocycles. The maximum atomic E-state index is 12.7. The number of fused-ring (bicyclic) bond motifs is 1. The topological polar surface area (TPSA) is 62.1 Å². The first-order valence-electron chi connectivity index (χ1n) is 8.42. The number of anilines is 1. The summed E-state index contributed by atoms with van der Waals surface area (Å²) in [7, 11) is 0. The second kappa shape index (κ2) is 6.84. The molecule has 6 heteroatoms. The van der Waals surface area contributed by atoms with E-state index < -0.39 is 0 Å². The van der Waals surface area contributed by atoms with Crippen LogP contribution in [0.1, 0.15) is 12.8 Å². The molecule has 5 nitrogen and oxygen atoms in total. The molecule has 2 aliphatic rings. The largest absolute Gasteiger partial charge is 0.274 e. The fraction of sp³-hybridized carbons (Fsp3) is 0.200. The van der Waals surface area contributed by atoms with Crippen LogP contribution in [0.25, 0.3) is 0 Å². The van der Waals surface area contributed by atoms with Gasteiger partial charge in [-0.3, -0.25) is 14.5 Å². The molecule has 0 unspecified atom stereocenters. The summed E-state index contributed by atoms with van der Waals surface area (Å²) in [5.74, 6) is -0.983. The van der Waals surface area contributed by atoms with Gasteiger partial charge in [-0.2, -0.15) is 10.2 Å². The minimum absolute atomic E-state index is 0.154. The van der Waals surface area contributed by atoms with E-state index in [2.05, 4.69) is 10.2 Å². The second-order valence-corrected chi connectivity index (χ2v) is 6.85. The van der Waals surface area contributed by atoms with Gasteiger partial charge in [-0.05, 0) is 49.2 Å². The minimum atomic E-state index is -0.350. The Bertz CT molecular complexity index is 906. The van der Waals surface area contributed by atoms with Gasteiger partial charge in [0.2, 0.25) is 11.8 Å². The van der Waals surface area contributed by atoms with Crippen LogP contribution in [0.15, 0.2) is 75.9 Å². The highest BCUT2D eigenvalue weighted by Gasteiger charge is 2.48. The van der Waals surface area contributed by atoms with E-state index in [1.165, 1.54) is 4.90 Å². The molecule has 0 spiro atoms. The highest BCUT2D eigenvalue weighted by Crippen LogP contribution is 2.40. The second-order valence-electron chi connectivity index (χ2n) is 6.37. The Morgan fingerprint density at radius 1 is 0.846 bits per heavy atom. The monoisotopic (exact) mass is 365 g/mol. The SMILES string of the molecule is O=C1[C@@H]2CC=C(Cl)C[C@H]2C(=O)N1c1ccc(N=Nc2ccccc2)cc1. The lowest BCUT2D eigenvalue weighted by Crippen LogP contribution is -2.30. The first-order valence-corrected chi connectivity index (χ1v) is 8.80. The van der Waals surface area contributed by atoms with Gasteiger partial charge in [0.25, 0.3) is 0 Å². The highest BCUT2D eigenvalue weighted by molar-refractivity contribution is 6.30. The number of nitrogens with zero attached hydrogens (tertiary/aromatic N) is 3. The van der Waals surface area contributed by atoms with Crippen molar-refractivity contribution in [2.24, 2.45) is 22.1 Å². The molecule has 2 amide bonds. The van der Waals surface area contributed by atoms with Crippen LogP contribution in [0.4, 0.5) is 17.1 Å². The molecule has 130 valence electrons. The van der Waals surface area contributed by atoms with Crippen LogP contribution < -0.4 is 4.90 Å².